The highest BCUT2D eigenvalue weighted by Crippen LogP contribution is 2.19. The van der Waals surface area contributed by atoms with E-state index in [4.69, 9.17) is 4.74 Å². The zero-order valence-electron chi connectivity index (χ0n) is 17.1. The van der Waals surface area contributed by atoms with Crippen LogP contribution in [0.2, 0.25) is 0 Å². The molecule has 2 aromatic rings. The molecule has 1 amide bonds. The minimum atomic E-state index is -0.117. The van der Waals surface area contributed by atoms with Crippen LogP contribution in [0.25, 0.3) is 11.4 Å². The van der Waals surface area contributed by atoms with E-state index in [0.717, 1.165) is 45.7 Å². The first kappa shape index (κ1) is 19.8. The van der Waals surface area contributed by atoms with Crippen LogP contribution in [0.5, 0.6) is 0 Å². The number of ether oxygens (including phenoxy) is 1. The lowest BCUT2D eigenvalue weighted by Crippen LogP contribution is -2.47. The Hall–Kier alpha value is -2.52. The van der Waals surface area contributed by atoms with Gasteiger partial charge in [-0.1, -0.05) is 0 Å². The fourth-order valence-electron chi connectivity index (χ4n) is 3.70. The van der Waals surface area contributed by atoms with Gasteiger partial charge in [0, 0.05) is 45.1 Å². The number of hydrogen-bond donors (Lipinski definition) is 2. The first-order valence-electron chi connectivity index (χ1n) is 10.3. The van der Waals surface area contributed by atoms with Gasteiger partial charge in [0.1, 0.15) is 11.4 Å². The first-order chi connectivity index (χ1) is 14.1. The van der Waals surface area contributed by atoms with Crippen molar-refractivity contribution in [3.63, 3.8) is 0 Å². The fraction of sp³-hybridized carbons (Fsp3) is 0.600. The number of likely N-dealkylation sites (tertiary alicyclic amines) is 1. The second kappa shape index (κ2) is 8.87. The second-order valence-electron chi connectivity index (χ2n) is 7.86. The molecule has 0 saturated carbocycles. The van der Waals surface area contributed by atoms with Crippen LogP contribution in [0.3, 0.4) is 0 Å². The third kappa shape index (κ3) is 4.91. The molecule has 2 aliphatic rings. The average molecular weight is 399 g/mol. The lowest BCUT2D eigenvalue weighted by atomic mass is 10.1. The highest BCUT2D eigenvalue weighted by Gasteiger charge is 2.21. The van der Waals surface area contributed by atoms with Gasteiger partial charge in [-0.2, -0.15) is 5.10 Å². The Morgan fingerprint density at radius 2 is 2.10 bits per heavy atom. The zero-order chi connectivity index (χ0) is 20.2. The summed E-state index contributed by atoms with van der Waals surface area (Å²) in [6.07, 6.45) is 4.85. The number of anilines is 1. The van der Waals surface area contributed by atoms with E-state index in [1.165, 1.54) is 6.42 Å². The molecule has 1 unspecified atom stereocenters. The molecule has 29 heavy (non-hydrogen) atoms. The third-order valence-electron chi connectivity index (χ3n) is 5.44. The van der Waals surface area contributed by atoms with Crippen molar-refractivity contribution in [2.45, 2.75) is 38.3 Å². The SMILES string of the molecule is CC(CN1CCC1)NC(=O)c1cc(-c2ccnc(NC3CCOCC3)n2)nn1C. The quantitative estimate of drug-likeness (QED) is 0.724. The Morgan fingerprint density at radius 1 is 1.31 bits per heavy atom. The molecule has 9 heteroatoms. The molecule has 0 spiro atoms. The van der Waals surface area contributed by atoms with Gasteiger partial charge in [0.25, 0.3) is 5.91 Å². The van der Waals surface area contributed by atoms with Gasteiger partial charge < -0.3 is 20.3 Å². The first-order valence-corrected chi connectivity index (χ1v) is 10.3. The number of aromatic nitrogens is 4. The van der Waals surface area contributed by atoms with Crippen LogP contribution in [-0.2, 0) is 11.8 Å². The Balaban J connectivity index is 1.42. The lowest BCUT2D eigenvalue weighted by Gasteiger charge is -2.33. The van der Waals surface area contributed by atoms with Crippen molar-refractivity contribution in [1.82, 2.24) is 30.0 Å². The maximum Gasteiger partial charge on any atom is 0.269 e. The van der Waals surface area contributed by atoms with E-state index in [1.54, 1.807) is 24.0 Å². The third-order valence-corrected chi connectivity index (χ3v) is 5.44. The average Bonchev–Trinajstić information content (AvgIpc) is 3.08. The van der Waals surface area contributed by atoms with Crippen molar-refractivity contribution in [2.24, 2.45) is 7.05 Å². The predicted octanol–water partition coefficient (Wildman–Crippen LogP) is 1.29. The summed E-state index contributed by atoms with van der Waals surface area (Å²) in [5.74, 6) is 0.461. The van der Waals surface area contributed by atoms with Gasteiger partial charge in [-0.05, 0) is 51.4 Å². The largest absolute Gasteiger partial charge is 0.381 e. The monoisotopic (exact) mass is 399 g/mol. The fourth-order valence-corrected chi connectivity index (χ4v) is 3.70. The van der Waals surface area contributed by atoms with Crippen molar-refractivity contribution in [3.05, 3.63) is 24.0 Å². The number of carbonyl (C=O) groups is 1. The van der Waals surface area contributed by atoms with E-state index in [9.17, 15) is 4.79 Å². The van der Waals surface area contributed by atoms with Crippen LogP contribution in [-0.4, -0.2) is 75.5 Å². The second-order valence-corrected chi connectivity index (χ2v) is 7.86. The van der Waals surface area contributed by atoms with Crippen molar-refractivity contribution >= 4 is 11.9 Å². The normalized spacial score (nSPS) is 18.8. The van der Waals surface area contributed by atoms with E-state index in [0.29, 0.717) is 29.1 Å². The standard InChI is InChI=1S/C20H29N7O2/c1-14(13-27-8-3-9-27)22-19(28)18-12-17(25-26(18)2)16-4-7-21-20(24-16)23-15-5-10-29-11-6-15/h4,7,12,14-15H,3,5-6,8-11,13H2,1-2H3,(H,22,28)(H,21,23,24). The van der Waals surface area contributed by atoms with Crippen LogP contribution in [0.4, 0.5) is 5.95 Å². The lowest BCUT2D eigenvalue weighted by molar-refractivity contribution is 0.0901. The summed E-state index contributed by atoms with van der Waals surface area (Å²) in [7, 11) is 1.78. The van der Waals surface area contributed by atoms with Crippen LogP contribution in [0.1, 0.15) is 36.7 Å². The summed E-state index contributed by atoms with van der Waals surface area (Å²) in [4.78, 5) is 23.9. The van der Waals surface area contributed by atoms with Crippen molar-refractivity contribution in [3.8, 4) is 11.4 Å². The molecule has 0 aromatic carbocycles. The molecule has 9 nitrogen and oxygen atoms in total. The molecular formula is C20H29N7O2. The molecule has 156 valence electrons. The van der Waals surface area contributed by atoms with Gasteiger partial charge in [0.15, 0.2) is 0 Å². The molecule has 2 fully saturated rings. The number of carbonyl (C=O) groups excluding carboxylic acids is 1. The van der Waals surface area contributed by atoms with E-state index < -0.39 is 0 Å². The van der Waals surface area contributed by atoms with Crippen LogP contribution >= 0.6 is 0 Å². The van der Waals surface area contributed by atoms with Crippen molar-refractivity contribution in [2.75, 3.05) is 38.2 Å². The molecule has 4 heterocycles. The smallest absolute Gasteiger partial charge is 0.269 e. The van der Waals surface area contributed by atoms with E-state index in [1.807, 2.05) is 13.0 Å². The van der Waals surface area contributed by atoms with Gasteiger partial charge in [-0.25, -0.2) is 9.97 Å². The van der Waals surface area contributed by atoms with Gasteiger partial charge in [-0.3, -0.25) is 9.48 Å². The molecular weight excluding hydrogens is 370 g/mol. The van der Waals surface area contributed by atoms with Crippen LogP contribution in [0.15, 0.2) is 18.3 Å². The van der Waals surface area contributed by atoms with Gasteiger partial charge in [0.2, 0.25) is 5.95 Å². The highest BCUT2D eigenvalue weighted by atomic mass is 16.5. The minimum absolute atomic E-state index is 0.0930. The van der Waals surface area contributed by atoms with Crippen molar-refractivity contribution in [1.29, 1.82) is 0 Å². The van der Waals surface area contributed by atoms with Gasteiger partial charge in [-0.15, -0.1) is 0 Å². The summed E-state index contributed by atoms with van der Waals surface area (Å²) in [5.41, 5.74) is 1.87. The summed E-state index contributed by atoms with van der Waals surface area (Å²) in [5, 5.41) is 10.9. The Labute approximate surface area is 170 Å². The summed E-state index contributed by atoms with van der Waals surface area (Å²) in [6.45, 7) is 6.66. The summed E-state index contributed by atoms with van der Waals surface area (Å²) in [6, 6.07) is 4.00. The van der Waals surface area contributed by atoms with Gasteiger partial charge in [0.05, 0.1) is 5.69 Å². The van der Waals surface area contributed by atoms with Crippen molar-refractivity contribution < 1.29 is 9.53 Å². The summed E-state index contributed by atoms with van der Waals surface area (Å²) >= 11 is 0. The maximum absolute atomic E-state index is 12.7. The Bertz CT molecular complexity index is 843. The van der Waals surface area contributed by atoms with Crippen LogP contribution in [0, 0.1) is 0 Å². The molecule has 2 saturated heterocycles. The number of nitrogens with one attached hydrogen (secondary N) is 2. The Kier molecular flexibility index (Phi) is 6.05. The molecule has 0 bridgehead atoms. The highest BCUT2D eigenvalue weighted by molar-refractivity contribution is 5.93. The molecule has 2 aromatic heterocycles. The molecule has 2 aliphatic heterocycles. The number of rotatable bonds is 7. The van der Waals surface area contributed by atoms with E-state index in [-0.39, 0.29) is 11.9 Å². The number of hydrogen-bond acceptors (Lipinski definition) is 7. The van der Waals surface area contributed by atoms with Gasteiger partial charge >= 0.3 is 0 Å². The zero-order valence-corrected chi connectivity index (χ0v) is 17.1. The summed E-state index contributed by atoms with van der Waals surface area (Å²) < 4.78 is 7.00. The predicted molar refractivity (Wildman–Crippen MR) is 110 cm³/mol. The molecule has 1 atom stereocenters. The van der Waals surface area contributed by atoms with Crippen LogP contribution < -0.4 is 10.6 Å². The topological polar surface area (TPSA) is 97.2 Å². The van der Waals surface area contributed by atoms with E-state index in [2.05, 4.69) is 30.6 Å². The van der Waals surface area contributed by atoms with E-state index >= 15 is 0 Å². The molecule has 0 radical (unpaired) electrons. The Morgan fingerprint density at radius 3 is 2.83 bits per heavy atom. The molecule has 2 N–H and O–H groups in total. The molecule has 4 rings (SSSR count). The minimum Gasteiger partial charge on any atom is -0.381 e. The number of aryl methyl sites for hydroxylation is 1. The number of nitrogens with zero attached hydrogens (tertiary/aromatic N) is 5. The molecule has 0 aliphatic carbocycles. The number of amides is 1. The maximum atomic E-state index is 12.7.